The van der Waals surface area contributed by atoms with Crippen LogP contribution in [0.2, 0.25) is 0 Å². The van der Waals surface area contributed by atoms with Crippen LogP contribution in [-0.2, 0) is 0 Å². The monoisotopic (exact) mass is 365 g/mol. The quantitative estimate of drug-likeness (QED) is 0.747. The van der Waals surface area contributed by atoms with E-state index >= 15 is 0 Å². The van der Waals surface area contributed by atoms with Crippen LogP contribution in [0, 0.1) is 12.7 Å². The SMILES string of the molecule is Cc1cc(F)c(NC(=O)N2C3CCCC2C3)cc1-c1ccc2ccnn2n1. The Balaban J connectivity index is 1.46. The first-order valence-corrected chi connectivity index (χ1v) is 9.31. The third-order valence-corrected chi connectivity index (χ3v) is 5.74. The van der Waals surface area contributed by atoms with E-state index in [0.717, 1.165) is 35.9 Å². The lowest BCUT2D eigenvalue weighted by Crippen LogP contribution is -2.62. The van der Waals surface area contributed by atoms with E-state index in [4.69, 9.17) is 0 Å². The van der Waals surface area contributed by atoms with Crippen LogP contribution in [0.15, 0.2) is 36.5 Å². The van der Waals surface area contributed by atoms with Gasteiger partial charge in [0.05, 0.1) is 23.1 Å². The molecule has 6 nitrogen and oxygen atoms in total. The number of rotatable bonds is 2. The number of hydrogen-bond acceptors (Lipinski definition) is 3. The molecule has 0 aliphatic carbocycles. The van der Waals surface area contributed by atoms with E-state index in [-0.39, 0.29) is 11.7 Å². The molecule has 27 heavy (non-hydrogen) atoms. The number of halogens is 1. The molecule has 0 radical (unpaired) electrons. The Labute approximate surface area is 156 Å². The summed E-state index contributed by atoms with van der Waals surface area (Å²) in [6.07, 6.45) is 6.00. The van der Waals surface area contributed by atoms with Gasteiger partial charge in [0.1, 0.15) is 5.82 Å². The van der Waals surface area contributed by atoms with Crippen LogP contribution in [0.3, 0.4) is 0 Å². The highest BCUT2D eigenvalue weighted by Gasteiger charge is 2.44. The van der Waals surface area contributed by atoms with Crippen molar-refractivity contribution in [3.05, 3.63) is 47.9 Å². The molecule has 1 N–H and O–H groups in total. The van der Waals surface area contributed by atoms with Gasteiger partial charge in [-0.25, -0.2) is 9.18 Å². The molecule has 3 aromatic rings. The third-order valence-electron chi connectivity index (χ3n) is 5.74. The number of carbonyl (C=O) groups is 1. The molecular formula is C20H20FN5O. The predicted molar refractivity (Wildman–Crippen MR) is 100 cm³/mol. The number of nitrogens with one attached hydrogen (secondary N) is 1. The molecule has 2 unspecified atom stereocenters. The van der Waals surface area contributed by atoms with Crippen LogP contribution in [0.5, 0.6) is 0 Å². The minimum absolute atomic E-state index is 0.188. The van der Waals surface area contributed by atoms with Crippen molar-refractivity contribution in [3.8, 4) is 11.3 Å². The van der Waals surface area contributed by atoms with Gasteiger partial charge in [-0.3, -0.25) is 0 Å². The van der Waals surface area contributed by atoms with Crippen molar-refractivity contribution < 1.29 is 9.18 Å². The molecule has 4 heterocycles. The van der Waals surface area contributed by atoms with E-state index in [1.807, 2.05) is 30.0 Å². The molecule has 2 atom stereocenters. The summed E-state index contributed by atoms with van der Waals surface area (Å²) in [7, 11) is 0. The predicted octanol–water partition coefficient (Wildman–Crippen LogP) is 4.00. The summed E-state index contributed by atoms with van der Waals surface area (Å²) in [5.74, 6) is -0.435. The maximum Gasteiger partial charge on any atom is 0.322 e. The maximum absolute atomic E-state index is 14.5. The zero-order valence-electron chi connectivity index (χ0n) is 15.0. The van der Waals surface area contributed by atoms with Crippen molar-refractivity contribution in [3.63, 3.8) is 0 Å². The Morgan fingerprint density at radius 2 is 2.04 bits per heavy atom. The normalized spacial score (nSPS) is 21.2. The summed E-state index contributed by atoms with van der Waals surface area (Å²) in [4.78, 5) is 14.5. The molecule has 1 aromatic carbocycles. The molecular weight excluding hydrogens is 345 g/mol. The first kappa shape index (κ1) is 16.2. The summed E-state index contributed by atoms with van der Waals surface area (Å²) >= 11 is 0. The van der Waals surface area contributed by atoms with Crippen molar-refractivity contribution in [1.82, 2.24) is 19.7 Å². The highest BCUT2D eigenvalue weighted by atomic mass is 19.1. The first-order valence-electron chi connectivity index (χ1n) is 9.31. The number of aryl methyl sites for hydroxylation is 1. The van der Waals surface area contributed by atoms with Gasteiger partial charge in [-0.15, -0.1) is 5.10 Å². The molecule has 2 saturated heterocycles. The Kier molecular flexibility index (Phi) is 3.63. The largest absolute Gasteiger partial charge is 0.322 e. The molecule has 2 aromatic heterocycles. The standard InChI is InChI=1S/C20H20FN5O/c1-12-9-17(21)19(23-20(27)25-14-3-2-4-15(25)10-14)11-16(12)18-6-5-13-7-8-22-26(13)24-18/h5-9,11,14-15H,2-4,10H2,1H3,(H,23,27). The number of nitrogens with zero attached hydrogens (tertiary/aromatic N) is 4. The lowest BCUT2D eigenvalue weighted by atomic mass is 9.80. The van der Waals surface area contributed by atoms with E-state index in [2.05, 4.69) is 15.5 Å². The number of amides is 2. The van der Waals surface area contributed by atoms with E-state index in [9.17, 15) is 9.18 Å². The first-order chi connectivity index (χ1) is 13.1. The van der Waals surface area contributed by atoms with Crippen molar-refractivity contribution in [1.29, 1.82) is 0 Å². The highest BCUT2D eigenvalue weighted by Crippen LogP contribution is 2.38. The Hall–Kier alpha value is -2.96. The van der Waals surface area contributed by atoms with Crippen LogP contribution in [0.4, 0.5) is 14.9 Å². The number of hydrogen-bond donors (Lipinski definition) is 1. The molecule has 0 spiro atoms. The minimum Gasteiger partial charge on any atom is -0.318 e. The average Bonchev–Trinajstić information content (AvgIpc) is 3.12. The third kappa shape index (κ3) is 2.65. The Bertz CT molecular complexity index is 1030. The zero-order valence-corrected chi connectivity index (χ0v) is 15.0. The van der Waals surface area contributed by atoms with Crippen molar-refractivity contribution in [2.45, 2.75) is 44.7 Å². The molecule has 5 rings (SSSR count). The van der Waals surface area contributed by atoms with Gasteiger partial charge in [-0.2, -0.15) is 9.73 Å². The van der Waals surface area contributed by atoms with Gasteiger partial charge in [0.25, 0.3) is 0 Å². The Morgan fingerprint density at radius 1 is 1.22 bits per heavy atom. The number of benzene rings is 1. The highest BCUT2D eigenvalue weighted by molar-refractivity contribution is 5.91. The van der Waals surface area contributed by atoms with Crippen molar-refractivity contribution in [2.24, 2.45) is 0 Å². The van der Waals surface area contributed by atoms with Crippen LogP contribution in [0.1, 0.15) is 31.2 Å². The molecule has 2 fully saturated rings. The van der Waals surface area contributed by atoms with E-state index in [0.29, 0.717) is 17.8 Å². The number of aromatic nitrogens is 3. The fourth-order valence-electron chi connectivity index (χ4n) is 4.32. The van der Waals surface area contributed by atoms with E-state index in [1.165, 1.54) is 17.1 Å². The van der Waals surface area contributed by atoms with Crippen LogP contribution < -0.4 is 5.32 Å². The van der Waals surface area contributed by atoms with Gasteiger partial charge in [0.15, 0.2) is 0 Å². The summed E-state index contributed by atoms with van der Waals surface area (Å²) < 4.78 is 16.1. The van der Waals surface area contributed by atoms with Gasteiger partial charge in [0.2, 0.25) is 0 Å². The van der Waals surface area contributed by atoms with E-state index < -0.39 is 5.82 Å². The Morgan fingerprint density at radius 3 is 2.81 bits per heavy atom. The zero-order chi connectivity index (χ0) is 18.5. The molecule has 2 amide bonds. The second-order valence-corrected chi connectivity index (χ2v) is 7.42. The van der Waals surface area contributed by atoms with Crippen LogP contribution in [-0.4, -0.2) is 37.8 Å². The molecule has 2 bridgehead atoms. The average molecular weight is 365 g/mol. The smallest absolute Gasteiger partial charge is 0.318 e. The van der Waals surface area contributed by atoms with Gasteiger partial charge in [-0.1, -0.05) is 0 Å². The lowest BCUT2D eigenvalue weighted by molar-refractivity contribution is 0.0173. The summed E-state index contributed by atoms with van der Waals surface area (Å²) in [5.41, 5.74) is 3.28. The van der Waals surface area contributed by atoms with Gasteiger partial charge in [-0.05, 0) is 68.5 Å². The molecule has 2 aliphatic heterocycles. The molecule has 7 heteroatoms. The molecule has 0 saturated carbocycles. The van der Waals surface area contributed by atoms with Gasteiger partial charge < -0.3 is 10.2 Å². The summed E-state index contributed by atoms with van der Waals surface area (Å²) in [5, 5.41) is 11.4. The van der Waals surface area contributed by atoms with Gasteiger partial charge >= 0.3 is 6.03 Å². The fraction of sp³-hybridized carbons (Fsp3) is 0.350. The summed E-state index contributed by atoms with van der Waals surface area (Å²) in [6, 6.07) is 9.16. The number of urea groups is 1. The molecule has 2 aliphatic rings. The lowest BCUT2D eigenvalue weighted by Gasteiger charge is -2.52. The van der Waals surface area contributed by atoms with Crippen molar-refractivity contribution in [2.75, 3.05) is 5.32 Å². The van der Waals surface area contributed by atoms with Gasteiger partial charge in [0, 0.05) is 17.6 Å². The number of anilines is 1. The fourth-order valence-corrected chi connectivity index (χ4v) is 4.32. The second-order valence-electron chi connectivity index (χ2n) is 7.42. The number of piperidine rings is 1. The number of fused-ring (bicyclic) bond motifs is 3. The topological polar surface area (TPSA) is 62.5 Å². The van der Waals surface area contributed by atoms with Crippen LogP contribution >= 0.6 is 0 Å². The molecule has 138 valence electrons. The number of carbonyl (C=O) groups excluding carboxylic acids is 1. The van der Waals surface area contributed by atoms with Crippen molar-refractivity contribution >= 4 is 17.2 Å². The van der Waals surface area contributed by atoms with Crippen LogP contribution in [0.25, 0.3) is 16.8 Å². The summed E-state index contributed by atoms with van der Waals surface area (Å²) in [6.45, 7) is 1.83. The maximum atomic E-state index is 14.5. The van der Waals surface area contributed by atoms with E-state index in [1.54, 1.807) is 12.3 Å². The second kappa shape index (κ2) is 6.04. The minimum atomic E-state index is -0.435.